The minimum absolute atomic E-state index is 0.0217. The number of nitrogens with one attached hydrogen (secondary N) is 3. The molecule has 7 N–H and O–H groups in total. The second kappa shape index (κ2) is 14.2. The molecule has 260 valence electrons. The predicted molar refractivity (Wildman–Crippen MR) is 180 cm³/mol. The van der Waals surface area contributed by atoms with E-state index in [0.29, 0.717) is 37.6 Å². The van der Waals surface area contributed by atoms with Crippen molar-refractivity contribution in [1.29, 1.82) is 0 Å². The van der Waals surface area contributed by atoms with Crippen molar-refractivity contribution in [3.63, 3.8) is 0 Å². The number of amides is 6. The summed E-state index contributed by atoms with van der Waals surface area (Å²) in [5.41, 5.74) is 7.94. The van der Waals surface area contributed by atoms with Crippen molar-refractivity contribution >= 4 is 52.7 Å². The number of ether oxygens (including phenoxy) is 1. The molecule has 0 bridgehead atoms. The summed E-state index contributed by atoms with van der Waals surface area (Å²) in [5.74, 6) is 3.23. The molecule has 0 radical (unpaired) electrons. The Balaban J connectivity index is 1.10. The number of hydrazine groups is 1. The average Bonchev–Trinajstić information content (AvgIpc) is 3.29. The van der Waals surface area contributed by atoms with Gasteiger partial charge in [-0.1, -0.05) is 6.07 Å². The Bertz CT molecular complexity index is 1680. The van der Waals surface area contributed by atoms with Crippen molar-refractivity contribution in [2.75, 3.05) is 54.8 Å². The fourth-order valence-corrected chi connectivity index (χ4v) is 5.76. The van der Waals surface area contributed by atoms with Crippen molar-refractivity contribution in [3.05, 3.63) is 65.5 Å². The highest BCUT2D eigenvalue weighted by Gasteiger charge is 2.45. The molecule has 0 spiro atoms. The number of imide groups is 2. The Morgan fingerprint density at radius 2 is 1.71 bits per heavy atom. The summed E-state index contributed by atoms with van der Waals surface area (Å²) in [6.07, 6.45) is 1.13. The van der Waals surface area contributed by atoms with Gasteiger partial charge in [0.1, 0.15) is 18.2 Å². The Kier molecular flexibility index (Phi) is 10.1. The predicted octanol–water partition coefficient (Wildman–Crippen LogP) is 1.17. The zero-order chi connectivity index (χ0) is 35.5. The number of fused-ring (bicyclic) bond motifs is 1. The summed E-state index contributed by atoms with van der Waals surface area (Å²) in [6.45, 7) is 7.73. The second-order valence-corrected chi connectivity index (χ2v) is 13.0. The van der Waals surface area contributed by atoms with Gasteiger partial charge in [-0.05, 0) is 63.6 Å². The molecule has 16 nitrogen and oxygen atoms in total. The summed E-state index contributed by atoms with van der Waals surface area (Å²) >= 11 is 0. The van der Waals surface area contributed by atoms with E-state index in [1.807, 2.05) is 32.9 Å². The Hall–Kier alpha value is -5.64. The van der Waals surface area contributed by atoms with Crippen LogP contribution in [0.2, 0.25) is 0 Å². The van der Waals surface area contributed by atoms with Crippen molar-refractivity contribution in [2.45, 2.75) is 45.3 Å². The van der Waals surface area contributed by atoms with Gasteiger partial charge in [0.15, 0.2) is 0 Å². The highest BCUT2D eigenvalue weighted by molar-refractivity contribution is 6.25. The number of benzene rings is 2. The third-order valence-corrected chi connectivity index (χ3v) is 8.06. The number of piperazine rings is 1. The van der Waals surface area contributed by atoms with E-state index >= 15 is 0 Å². The lowest BCUT2D eigenvalue weighted by atomic mass is 10.0. The molecular formula is C33H41N9O7. The molecule has 1 unspecified atom stereocenters. The lowest BCUT2D eigenvalue weighted by molar-refractivity contribution is -0.136. The van der Waals surface area contributed by atoms with E-state index in [4.69, 9.17) is 16.3 Å². The zero-order valence-electron chi connectivity index (χ0n) is 27.7. The fraction of sp³-hybridized carbons (Fsp3) is 0.394. The Morgan fingerprint density at radius 3 is 2.37 bits per heavy atom. The van der Waals surface area contributed by atoms with Crippen LogP contribution in [0.15, 0.2) is 54.4 Å². The number of carbonyl (C=O) groups is 6. The first-order valence-electron chi connectivity index (χ1n) is 15.9. The molecule has 1 atom stereocenters. The number of hydrogen-bond acceptors (Lipinski definition) is 12. The molecule has 5 rings (SSSR count). The first-order chi connectivity index (χ1) is 23.2. The van der Waals surface area contributed by atoms with Crippen LogP contribution in [0.4, 0.5) is 21.9 Å². The van der Waals surface area contributed by atoms with E-state index in [0.717, 1.165) is 15.6 Å². The van der Waals surface area contributed by atoms with E-state index in [2.05, 4.69) is 20.9 Å². The van der Waals surface area contributed by atoms with E-state index in [9.17, 15) is 28.8 Å². The minimum atomic E-state index is -1.08. The molecule has 49 heavy (non-hydrogen) atoms. The maximum absolute atomic E-state index is 13.3. The number of piperidine rings is 1. The SMILES string of the molecule is CC(C)(C)OC(=O)N1CCN(c2ccc(NC(=O)CN(N)/C=C(\N)CNc3cccc4c3C(=O)N(C3CCC(=O)NC3=O)C4=O)cc2)CC1. The summed E-state index contributed by atoms with van der Waals surface area (Å²) < 4.78 is 5.46. The topological polar surface area (TPSA) is 213 Å². The van der Waals surface area contributed by atoms with Crippen LogP contribution in [0.25, 0.3) is 0 Å². The van der Waals surface area contributed by atoms with Crippen LogP contribution < -0.4 is 32.4 Å². The van der Waals surface area contributed by atoms with Gasteiger partial charge in [-0.2, -0.15) is 0 Å². The molecule has 3 aliphatic rings. The largest absolute Gasteiger partial charge is 0.444 e. The average molecular weight is 676 g/mol. The van der Waals surface area contributed by atoms with Crippen LogP contribution in [0.1, 0.15) is 54.3 Å². The third kappa shape index (κ3) is 8.27. The summed E-state index contributed by atoms with van der Waals surface area (Å²) in [7, 11) is 0. The van der Waals surface area contributed by atoms with Gasteiger partial charge < -0.3 is 35.9 Å². The van der Waals surface area contributed by atoms with E-state index < -0.39 is 35.3 Å². The van der Waals surface area contributed by atoms with Crippen LogP contribution in [0.3, 0.4) is 0 Å². The molecule has 6 amide bonds. The highest BCUT2D eigenvalue weighted by atomic mass is 16.6. The van der Waals surface area contributed by atoms with Crippen LogP contribution in [0, 0.1) is 0 Å². The first kappa shape index (κ1) is 34.7. The van der Waals surface area contributed by atoms with Gasteiger partial charge in [-0.15, -0.1) is 0 Å². The number of rotatable bonds is 9. The lowest BCUT2D eigenvalue weighted by Crippen LogP contribution is -2.54. The molecule has 3 aliphatic heterocycles. The monoisotopic (exact) mass is 675 g/mol. The molecule has 16 heteroatoms. The first-order valence-corrected chi connectivity index (χ1v) is 15.9. The van der Waals surface area contributed by atoms with Crippen molar-refractivity contribution in [2.24, 2.45) is 11.6 Å². The quantitative estimate of drug-likeness (QED) is 0.144. The van der Waals surface area contributed by atoms with Gasteiger partial charge in [0, 0.05) is 61.6 Å². The Morgan fingerprint density at radius 1 is 1.02 bits per heavy atom. The summed E-state index contributed by atoms with van der Waals surface area (Å²) in [5, 5.41) is 9.12. The van der Waals surface area contributed by atoms with Gasteiger partial charge >= 0.3 is 6.09 Å². The van der Waals surface area contributed by atoms with E-state index in [-0.39, 0.29) is 54.8 Å². The standard InChI is InChI=1S/C33H41N9O7/c1-33(2,3)49-32(48)40-15-13-39(14-16-40)22-9-7-21(8-10-22)37-27(44)19-41(35)18-20(34)17-36-24-6-4-5-23-28(24)31(47)42(30(23)46)25-11-12-26(43)38-29(25)45/h4-10,18,25,36H,11-17,19,34-35H2,1-3H3,(H,37,44)(H,38,43,45)/b20-18-. The Labute approximate surface area is 283 Å². The molecule has 2 fully saturated rings. The van der Waals surface area contributed by atoms with Crippen LogP contribution >= 0.6 is 0 Å². The zero-order valence-corrected chi connectivity index (χ0v) is 27.7. The lowest BCUT2D eigenvalue weighted by Gasteiger charge is -2.36. The molecule has 0 aromatic heterocycles. The number of nitrogens with zero attached hydrogens (tertiary/aromatic N) is 4. The van der Waals surface area contributed by atoms with E-state index in [1.54, 1.807) is 29.2 Å². The fourth-order valence-electron chi connectivity index (χ4n) is 5.76. The van der Waals surface area contributed by atoms with Crippen LogP contribution in [-0.2, 0) is 19.1 Å². The number of anilines is 3. The number of hydrogen-bond donors (Lipinski definition) is 5. The van der Waals surface area contributed by atoms with Crippen molar-refractivity contribution in [1.82, 2.24) is 20.1 Å². The molecule has 2 aromatic rings. The smallest absolute Gasteiger partial charge is 0.410 e. The van der Waals surface area contributed by atoms with Crippen LogP contribution in [-0.4, -0.2) is 101 Å². The van der Waals surface area contributed by atoms with E-state index in [1.165, 1.54) is 12.3 Å². The minimum Gasteiger partial charge on any atom is -0.444 e. The molecule has 0 saturated carbocycles. The van der Waals surface area contributed by atoms with Crippen LogP contribution in [0.5, 0.6) is 0 Å². The summed E-state index contributed by atoms with van der Waals surface area (Å²) in [6, 6.07) is 11.0. The molecular weight excluding hydrogens is 634 g/mol. The maximum Gasteiger partial charge on any atom is 0.410 e. The molecule has 0 aliphatic carbocycles. The maximum atomic E-state index is 13.3. The van der Waals surface area contributed by atoms with Crippen molar-refractivity contribution < 1.29 is 33.5 Å². The van der Waals surface area contributed by atoms with Gasteiger partial charge in [0.25, 0.3) is 11.8 Å². The highest BCUT2D eigenvalue weighted by Crippen LogP contribution is 2.32. The third-order valence-electron chi connectivity index (χ3n) is 8.06. The normalized spacial score (nSPS) is 18.2. The number of nitrogens with two attached hydrogens (primary N) is 2. The number of carbonyl (C=O) groups excluding carboxylic acids is 6. The summed E-state index contributed by atoms with van der Waals surface area (Å²) in [4.78, 5) is 80.0. The van der Waals surface area contributed by atoms with Gasteiger partial charge in [-0.3, -0.25) is 34.2 Å². The van der Waals surface area contributed by atoms with Gasteiger partial charge in [-0.25, -0.2) is 10.6 Å². The molecule has 2 saturated heterocycles. The van der Waals surface area contributed by atoms with Gasteiger partial charge in [0.05, 0.1) is 17.7 Å². The van der Waals surface area contributed by atoms with Crippen molar-refractivity contribution in [3.8, 4) is 0 Å². The second-order valence-electron chi connectivity index (χ2n) is 13.0. The van der Waals surface area contributed by atoms with Gasteiger partial charge in [0.2, 0.25) is 17.7 Å². The molecule has 3 heterocycles. The molecule has 2 aromatic carbocycles.